The van der Waals surface area contributed by atoms with Gasteiger partial charge in [0, 0.05) is 30.3 Å². The molecule has 2 heterocycles. The van der Waals surface area contributed by atoms with E-state index in [1.54, 1.807) is 24.4 Å². The van der Waals surface area contributed by atoms with E-state index in [0.717, 1.165) is 29.0 Å². The number of hydrogen-bond donors (Lipinski definition) is 1. The van der Waals surface area contributed by atoms with E-state index < -0.39 is 0 Å². The van der Waals surface area contributed by atoms with Gasteiger partial charge < -0.3 is 14.8 Å². The topological polar surface area (TPSA) is 60.5 Å². The Hall–Kier alpha value is -2.56. The van der Waals surface area contributed by atoms with Crippen LogP contribution < -0.4 is 14.8 Å². The molecular formula is C18H20N2O3. The summed E-state index contributed by atoms with van der Waals surface area (Å²) in [5.74, 6) is 1.47. The van der Waals surface area contributed by atoms with Crippen molar-refractivity contribution in [3.63, 3.8) is 0 Å². The molecule has 0 spiro atoms. The van der Waals surface area contributed by atoms with Crippen molar-refractivity contribution in [1.29, 1.82) is 0 Å². The third kappa shape index (κ3) is 3.44. The van der Waals surface area contributed by atoms with E-state index in [-0.39, 0.29) is 12.0 Å². The van der Waals surface area contributed by atoms with Crippen LogP contribution in [0.2, 0.25) is 0 Å². The summed E-state index contributed by atoms with van der Waals surface area (Å²) in [6.45, 7) is 4.94. The van der Waals surface area contributed by atoms with Gasteiger partial charge in [-0.1, -0.05) is 6.07 Å². The van der Waals surface area contributed by atoms with E-state index in [9.17, 15) is 4.79 Å². The molecule has 0 radical (unpaired) electrons. The average Bonchev–Trinajstić information content (AvgIpc) is 2.92. The predicted octanol–water partition coefficient (Wildman–Crippen LogP) is 2.73. The normalized spacial score (nSPS) is 15.7. The number of nitrogens with one attached hydrogen (secondary N) is 1. The molecule has 120 valence electrons. The minimum Gasteiger partial charge on any atom is -0.494 e. The lowest BCUT2D eigenvalue weighted by molar-refractivity contribution is 0.0945. The maximum Gasteiger partial charge on any atom is 0.270 e. The number of nitrogens with zero attached hydrogens (tertiary/aromatic N) is 1. The molecule has 23 heavy (non-hydrogen) atoms. The summed E-state index contributed by atoms with van der Waals surface area (Å²) in [6, 6.07) is 9.24. The molecule has 2 aromatic rings. The number of amides is 1. The maximum absolute atomic E-state index is 12.1. The van der Waals surface area contributed by atoms with Crippen LogP contribution in [0.4, 0.5) is 0 Å². The van der Waals surface area contributed by atoms with Crippen LogP contribution in [0.15, 0.2) is 36.5 Å². The quantitative estimate of drug-likeness (QED) is 0.922. The van der Waals surface area contributed by atoms with Gasteiger partial charge in [0.25, 0.3) is 5.91 Å². The highest BCUT2D eigenvalue weighted by atomic mass is 16.5. The second-order valence-electron chi connectivity index (χ2n) is 5.53. The van der Waals surface area contributed by atoms with Gasteiger partial charge in [-0.2, -0.15) is 0 Å². The molecule has 1 amide bonds. The summed E-state index contributed by atoms with van der Waals surface area (Å²) in [4.78, 5) is 16.2. The van der Waals surface area contributed by atoms with E-state index in [1.165, 1.54) is 0 Å². The third-order valence-corrected chi connectivity index (χ3v) is 3.72. The average molecular weight is 312 g/mol. The smallest absolute Gasteiger partial charge is 0.270 e. The van der Waals surface area contributed by atoms with Crippen LogP contribution in [0, 0.1) is 0 Å². The predicted molar refractivity (Wildman–Crippen MR) is 86.8 cm³/mol. The van der Waals surface area contributed by atoms with Crippen LogP contribution in [0.3, 0.4) is 0 Å². The van der Waals surface area contributed by atoms with Crippen LogP contribution in [0.25, 0.3) is 0 Å². The van der Waals surface area contributed by atoms with Crippen molar-refractivity contribution >= 4 is 5.91 Å². The number of carbonyl (C=O) groups excluding carboxylic acids is 1. The fourth-order valence-electron chi connectivity index (χ4n) is 2.67. The Balaban J connectivity index is 1.76. The van der Waals surface area contributed by atoms with Crippen LogP contribution in [-0.4, -0.2) is 23.6 Å². The third-order valence-electron chi connectivity index (χ3n) is 3.72. The fraction of sp³-hybridized carbons (Fsp3) is 0.333. The summed E-state index contributed by atoms with van der Waals surface area (Å²) in [7, 11) is 0. The zero-order chi connectivity index (χ0) is 16.2. The summed E-state index contributed by atoms with van der Waals surface area (Å²) in [6.07, 6.45) is 2.67. The Morgan fingerprint density at radius 1 is 1.43 bits per heavy atom. The lowest BCUT2D eigenvalue weighted by atomic mass is 10.1. The Kier molecular flexibility index (Phi) is 4.46. The molecule has 5 nitrogen and oxygen atoms in total. The molecule has 0 saturated heterocycles. The van der Waals surface area contributed by atoms with Gasteiger partial charge >= 0.3 is 0 Å². The number of carbonyl (C=O) groups is 1. The summed E-state index contributed by atoms with van der Waals surface area (Å²) in [5.41, 5.74) is 2.46. The number of hydrogen-bond acceptors (Lipinski definition) is 4. The van der Waals surface area contributed by atoms with E-state index in [1.807, 2.05) is 26.0 Å². The van der Waals surface area contributed by atoms with Crippen molar-refractivity contribution in [3.8, 4) is 11.5 Å². The van der Waals surface area contributed by atoms with Crippen molar-refractivity contribution in [2.75, 3.05) is 6.61 Å². The van der Waals surface area contributed by atoms with Gasteiger partial charge in [-0.25, -0.2) is 0 Å². The molecule has 3 rings (SSSR count). The first-order valence-corrected chi connectivity index (χ1v) is 7.82. The van der Waals surface area contributed by atoms with E-state index in [2.05, 4.69) is 10.3 Å². The summed E-state index contributed by atoms with van der Waals surface area (Å²) in [5, 5.41) is 2.88. The van der Waals surface area contributed by atoms with Gasteiger partial charge in [0.1, 0.15) is 23.3 Å². The number of rotatable bonds is 5. The zero-order valence-electron chi connectivity index (χ0n) is 13.3. The van der Waals surface area contributed by atoms with Crippen molar-refractivity contribution in [2.24, 2.45) is 0 Å². The molecular weight excluding hydrogens is 292 g/mol. The van der Waals surface area contributed by atoms with Gasteiger partial charge in [0.2, 0.25) is 0 Å². The Bertz CT molecular complexity index is 701. The van der Waals surface area contributed by atoms with E-state index >= 15 is 0 Å². The number of ether oxygens (including phenoxy) is 2. The lowest BCUT2D eigenvalue weighted by Crippen LogP contribution is -2.24. The molecule has 0 bridgehead atoms. The Labute approximate surface area is 135 Å². The molecule has 0 fully saturated rings. The standard InChI is InChI=1S/C18H20N2O3/c1-3-22-16-9-13-8-12(2)23-17(13)10-14(16)11-20-18(21)15-6-4-5-7-19-15/h4-7,9-10,12H,3,8,11H2,1-2H3,(H,20,21)/t12-/m0/s1. The van der Waals surface area contributed by atoms with Gasteiger partial charge in [-0.05, 0) is 38.1 Å². The monoisotopic (exact) mass is 312 g/mol. The van der Waals surface area contributed by atoms with Crippen LogP contribution in [-0.2, 0) is 13.0 Å². The number of fused-ring (bicyclic) bond motifs is 1. The van der Waals surface area contributed by atoms with E-state index in [4.69, 9.17) is 9.47 Å². The molecule has 5 heteroatoms. The summed E-state index contributed by atoms with van der Waals surface area (Å²) >= 11 is 0. The number of pyridine rings is 1. The maximum atomic E-state index is 12.1. The highest BCUT2D eigenvalue weighted by Gasteiger charge is 2.22. The SMILES string of the molecule is CCOc1cc2c(cc1CNC(=O)c1ccccn1)O[C@@H](C)C2. The van der Waals surface area contributed by atoms with Crippen LogP contribution in [0.1, 0.15) is 35.5 Å². The van der Waals surface area contributed by atoms with Gasteiger partial charge in [0.05, 0.1) is 6.61 Å². The second kappa shape index (κ2) is 6.69. The molecule has 1 aromatic carbocycles. The first-order chi connectivity index (χ1) is 11.2. The van der Waals surface area contributed by atoms with Crippen molar-refractivity contribution < 1.29 is 14.3 Å². The van der Waals surface area contributed by atoms with Crippen molar-refractivity contribution in [1.82, 2.24) is 10.3 Å². The summed E-state index contributed by atoms with van der Waals surface area (Å²) < 4.78 is 11.5. The second-order valence-corrected chi connectivity index (χ2v) is 5.53. The van der Waals surface area contributed by atoms with Crippen LogP contribution >= 0.6 is 0 Å². The molecule has 1 N–H and O–H groups in total. The minimum absolute atomic E-state index is 0.179. The molecule has 0 unspecified atom stereocenters. The van der Waals surface area contributed by atoms with Gasteiger partial charge in [0.15, 0.2) is 0 Å². The first kappa shape index (κ1) is 15.3. The van der Waals surface area contributed by atoms with Crippen LogP contribution in [0.5, 0.6) is 11.5 Å². The Morgan fingerprint density at radius 3 is 3.04 bits per heavy atom. The lowest BCUT2D eigenvalue weighted by Gasteiger charge is -2.13. The molecule has 0 saturated carbocycles. The molecule has 1 aromatic heterocycles. The van der Waals surface area contributed by atoms with E-state index in [0.29, 0.717) is 18.8 Å². The fourth-order valence-corrected chi connectivity index (χ4v) is 2.67. The highest BCUT2D eigenvalue weighted by Crippen LogP contribution is 2.35. The largest absolute Gasteiger partial charge is 0.494 e. The number of aromatic nitrogens is 1. The highest BCUT2D eigenvalue weighted by molar-refractivity contribution is 5.92. The van der Waals surface area contributed by atoms with Gasteiger partial charge in [-0.3, -0.25) is 9.78 Å². The molecule has 1 aliphatic rings. The molecule has 0 aliphatic carbocycles. The Morgan fingerprint density at radius 2 is 2.30 bits per heavy atom. The number of benzene rings is 1. The van der Waals surface area contributed by atoms with Crippen molar-refractivity contribution in [3.05, 3.63) is 53.3 Å². The molecule has 1 aliphatic heterocycles. The molecule has 1 atom stereocenters. The first-order valence-electron chi connectivity index (χ1n) is 7.82. The zero-order valence-corrected chi connectivity index (χ0v) is 13.3. The van der Waals surface area contributed by atoms with Gasteiger partial charge in [-0.15, -0.1) is 0 Å². The minimum atomic E-state index is -0.206. The van der Waals surface area contributed by atoms with Crippen molar-refractivity contribution in [2.45, 2.75) is 32.9 Å².